The van der Waals surface area contributed by atoms with Crippen molar-refractivity contribution in [3.8, 4) is 5.75 Å². The van der Waals surface area contributed by atoms with Gasteiger partial charge in [0, 0.05) is 18.4 Å². The summed E-state index contributed by atoms with van der Waals surface area (Å²) in [6, 6.07) is 8.53. The Kier molecular flexibility index (Phi) is 4.79. The fourth-order valence-electron chi connectivity index (χ4n) is 2.62. The van der Waals surface area contributed by atoms with Crippen LogP contribution in [0.25, 0.3) is 0 Å². The normalized spacial score (nSPS) is 22.9. The van der Waals surface area contributed by atoms with Crippen molar-refractivity contribution in [2.75, 3.05) is 19.8 Å². The first-order valence-corrected chi connectivity index (χ1v) is 6.62. The van der Waals surface area contributed by atoms with Crippen LogP contribution >= 0.6 is 0 Å². The van der Waals surface area contributed by atoms with Crippen molar-refractivity contribution in [3.63, 3.8) is 0 Å². The van der Waals surface area contributed by atoms with E-state index < -0.39 is 0 Å². The van der Waals surface area contributed by atoms with Gasteiger partial charge >= 0.3 is 0 Å². The molecule has 1 unspecified atom stereocenters. The highest BCUT2D eigenvalue weighted by Crippen LogP contribution is 2.17. The van der Waals surface area contributed by atoms with E-state index in [1.807, 2.05) is 18.2 Å². The number of aliphatic hydroxyl groups excluding tert-OH is 1. The summed E-state index contributed by atoms with van der Waals surface area (Å²) in [6.45, 7) is 6.56. The SMILES string of the molecule is C=CCOc1ccccc1C[NH+]1CCC[C@@H]1CO. The Labute approximate surface area is 109 Å². The molecule has 2 atom stereocenters. The third kappa shape index (κ3) is 3.12. The average Bonchev–Trinajstić information content (AvgIpc) is 2.85. The van der Waals surface area contributed by atoms with E-state index in [1.165, 1.54) is 16.9 Å². The van der Waals surface area contributed by atoms with Crippen molar-refractivity contribution >= 4 is 0 Å². The fraction of sp³-hybridized carbons (Fsp3) is 0.467. The van der Waals surface area contributed by atoms with Crippen LogP contribution in [-0.4, -0.2) is 30.9 Å². The molecule has 3 heteroatoms. The van der Waals surface area contributed by atoms with Gasteiger partial charge < -0.3 is 14.7 Å². The quantitative estimate of drug-likeness (QED) is 0.730. The predicted octanol–water partition coefficient (Wildman–Crippen LogP) is 0.791. The van der Waals surface area contributed by atoms with Gasteiger partial charge in [0.25, 0.3) is 0 Å². The second-order valence-electron chi connectivity index (χ2n) is 4.81. The summed E-state index contributed by atoms with van der Waals surface area (Å²) >= 11 is 0. The lowest BCUT2D eigenvalue weighted by Crippen LogP contribution is -3.12. The highest BCUT2D eigenvalue weighted by Gasteiger charge is 2.28. The van der Waals surface area contributed by atoms with Crippen molar-refractivity contribution in [2.45, 2.75) is 25.4 Å². The molecule has 1 saturated heterocycles. The molecule has 98 valence electrons. The molecule has 0 aliphatic carbocycles. The second-order valence-corrected chi connectivity index (χ2v) is 4.81. The van der Waals surface area contributed by atoms with Crippen molar-refractivity contribution in [1.29, 1.82) is 0 Å². The maximum absolute atomic E-state index is 9.36. The number of likely N-dealkylation sites (tertiary alicyclic amines) is 1. The van der Waals surface area contributed by atoms with E-state index in [0.29, 0.717) is 12.6 Å². The highest BCUT2D eigenvalue weighted by atomic mass is 16.5. The highest BCUT2D eigenvalue weighted by molar-refractivity contribution is 5.32. The predicted molar refractivity (Wildman–Crippen MR) is 71.8 cm³/mol. The van der Waals surface area contributed by atoms with Gasteiger partial charge in [-0.2, -0.15) is 0 Å². The molecule has 0 radical (unpaired) electrons. The fourth-order valence-corrected chi connectivity index (χ4v) is 2.62. The van der Waals surface area contributed by atoms with Gasteiger partial charge in [-0.1, -0.05) is 24.8 Å². The molecular formula is C15H22NO2+. The van der Waals surface area contributed by atoms with Crippen LogP contribution in [0.1, 0.15) is 18.4 Å². The summed E-state index contributed by atoms with van der Waals surface area (Å²) in [7, 11) is 0. The number of benzene rings is 1. The molecule has 1 aliphatic heterocycles. The third-order valence-electron chi connectivity index (χ3n) is 3.60. The molecule has 1 heterocycles. The summed E-state index contributed by atoms with van der Waals surface area (Å²) in [5.74, 6) is 0.938. The summed E-state index contributed by atoms with van der Waals surface area (Å²) in [5.41, 5.74) is 1.22. The minimum absolute atomic E-state index is 0.283. The first kappa shape index (κ1) is 13.1. The Bertz CT molecular complexity index is 392. The molecule has 0 spiro atoms. The van der Waals surface area contributed by atoms with Crippen molar-refractivity contribution in [2.24, 2.45) is 0 Å². The van der Waals surface area contributed by atoms with E-state index in [0.717, 1.165) is 25.3 Å². The average molecular weight is 248 g/mol. The van der Waals surface area contributed by atoms with Gasteiger partial charge in [0.2, 0.25) is 0 Å². The molecule has 1 aliphatic rings. The van der Waals surface area contributed by atoms with E-state index >= 15 is 0 Å². The van der Waals surface area contributed by atoms with Crippen LogP contribution in [0.15, 0.2) is 36.9 Å². The van der Waals surface area contributed by atoms with Crippen LogP contribution in [0.5, 0.6) is 5.75 Å². The molecule has 1 aromatic carbocycles. The molecule has 18 heavy (non-hydrogen) atoms. The zero-order valence-corrected chi connectivity index (χ0v) is 10.8. The molecule has 1 fully saturated rings. The lowest BCUT2D eigenvalue weighted by molar-refractivity contribution is -0.926. The lowest BCUT2D eigenvalue weighted by atomic mass is 10.1. The molecule has 2 rings (SSSR count). The van der Waals surface area contributed by atoms with Crippen LogP contribution in [-0.2, 0) is 6.54 Å². The number of nitrogens with one attached hydrogen (secondary N) is 1. The van der Waals surface area contributed by atoms with Gasteiger partial charge in [0.15, 0.2) is 0 Å². The standard InChI is InChI=1S/C15H21NO2/c1-2-10-18-15-8-4-3-6-13(15)11-16-9-5-7-14(16)12-17/h2-4,6,8,14,17H,1,5,7,9-12H2/p+1/t14-/m1/s1. The first-order chi connectivity index (χ1) is 8.85. The number of aliphatic hydroxyl groups is 1. The van der Waals surface area contributed by atoms with Gasteiger partial charge in [0.1, 0.15) is 24.9 Å². The summed E-state index contributed by atoms with van der Waals surface area (Å²) in [4.78, 5) is 1.46. The summed E-state index contributed by atoms with van der Waals surface area (Å²) in [5, 5.41) is 9.36. The Balaban J connectivity index is 2.05. The van der Waals surface area contributed by atoms with Gasteiger partial charge in [0.05, 0.1) is 13.2 Å². The van der Waals surface area contributed by atoms with E-state index in [4.69, 9.17) is 4.74 Å². The molecule has 0 bridgehead atoms. The summed E-state index contributed by atoms with van der Waals surface area (Å²) in [6.07, 6.45) is 4.09. The number of rotatable bonds is 6. The van der Waals surface area contributed by atoms with Crippen LogP contribution < -0.4 is 9.64 Å². The molecule has 0 aromatic heterocycles. The first-order valence-electron chi connectivity index (χ1n) is 6.62. The maximum atomic E-state index is 9.36. The monoisotopic (exact) mass is 248 g/mol. The van der Waals surface area contributed by atoms with Crippen LogP contribution in [0.4, 0.5) is 0 Å². The lowest BCUT2D eigenvalue weighted by Gasteiger charge is -2.21. The number of para-hydroxylation sites is 1. The second kappa shape index (κ2) is 6.57. The number of hydrogen-bond donors (Lipinski definition) is 2. The minimum atomic E-state index is 0.283. The molecule has 0 amide bonds. The smallest absolute Gasteiger partial charge is 0.128 e. The van der Waals surface area contributed by atoms with Gasteiger partial charge in [-0.3, -0.25) is 0 Å². The maximum Gasteiger partial charge on any atom is 0.128 e. The van der Waals surface area contributed by atoms with Gasteiger partial charge in [-0.25, -0.2) is 0 Å². The number of hydrogen-bond acceptors (Lipinski definition) is 2. The Hall–Kier alpha value is -1.32. The van der Waals surface area contributed by atoms with Gasteiger partial charge in [-0.15, -0.1) is 0 Å². The Morgan fingerprint density at radius 1 is 1.44 bits per heavy atom. The molecule has 2 N–H and O–H groups in total. The van der Waals surface area contributed by atoms with Crippen molar-refractivity contribution in [1.82, 2.24) is 0 Å². The van der Waals surface area contributed by atoms with E-state index in [2.05, 4.69) is 12.6 Å². The van der Waals surface area contributed by atoms with Crippen molar-refractivity contribution < 1.29 is 14.7 Å². The molecule has 1 aromatic rings. The van der Waals surface area contributed by atoms with Crippen molar-refractivity contribution in [3.05, 3.63) is 42.5 Å². The van der Waals surface area contributed by atoms with Crippen LogP contribution in [0, 0.1) is 0 Å². The van der Waals surface area contributed by atoms with E-state index in [9.17, 15) is 5.11 Å². The number of ether oxygens (including phenoxy) is 1. The molecule has 0 saturated carbocycles. The zero-order chi connectivity index (χ0) is 12.8. The van der Waals surface area contributed by atoms with Gasteiger partial charge in [-0.05, 0) is 12.1 Å². The Morgan fingerprint density at radius 3 is 3.06 bits per heavy atom. The number of quaternary nitrogens is 1. The zero-order valence-electron chi connectivity index (χ0n) is 10.8. The van der Waals surface area contributed by atoms with E-state index in [1.54, 1.807) is 6.08 Å². The molecular weight excluding hydrogens is 226 g/mol. The molecule has 3 nitrogen and oxygen atoms in total. The van der Waals surface area contributed by atoms with Crippen LogP contribution in [0.2, 0.25) is 0 Å². The third-order valence-corrected chi connectivity index (χ3v) is 3.60. The van der Waals surface area contributed by atoms with E-state index in [-0.39, 0.29) is 6.61 Å². The minimum Gasteiger partial charge on any atom is -0.489 e. The Morgan fingerprint density at radius 2 is 2.28 bits per heavy atom. The largest absolute Gasteiger partial charge is 0.489 e. The topological polar surface area (TPSA) is 33.9 Å². The van der Waals surface area contributed by atoms with Crippen LogP contribution in [0.3, 0.4) is 0 Å². The summed E-state index contributed by atoms with van der Waals surface area (Å²) < 4.78 is 5.67.